The Morgan fingerprint density at radius 3 is 2.47 bits per heavy atom. The van der Waals surface area contributed by atoms with Gasteiger partial charge in [0.15, 0.2) is 0 Å². The molecule has 0 aromatic carbocycles. The summed E-state index contributed by atoms with van der Waals surface area (Å²) in [6, 6.07) is 0. The van der Waals surface area contributed by atoms with Crippen molar-refractivity contribution in [2.45, 2.75) is 33.3 Å². The monoisotopic (exact) mass is 264 g/mol. The van der Waals surface area contributed by atoms with E-state index in [-0.39, 0.29) is 25.5 Å². The molecule has 0 radical (unpaired) electrons. The average molecular weight is 264 g/mol. The number of rotatable bonds is 4. The maximum atomic E-state index is 11.6. The lowest BCUT2D eigenvalue weighted by atomic mass is 10.2. The largest absolute Gasteiger partial charge is 0.444 e. The third-order valence-corrected chi connectivity index (χ3v) is 1.85. The molecule has 0 atom stereocenters. The first kappa shape index (κ1) is 16.9. The molecule has 5 heteroatoms. The fourth-order valence-electron chi connectivity index (χ4n) is 1.16. The molecule has 0 rings (SSSR count). The lowest BCUT2D eigenvalue weighted by molar-refractivity contribution is -0.124. The van der Waals surface area contributed by atoms with Gasteiger partial charge in [0.2, 0.25) is 0 Å². The van der Waals surface area contributed by atoms with E-state index in [4.69, 9.17) is 11.2 Å². The molecule has 0 heterocycles. The van der Waals surface area contributed by atoms with Gasteiger partial charge in [-0.15, -0.1) is 6.42 Å². The van der Waals surface area contributed by atoms with Gasteiger partial charge in [0.1, 0.15) is 5.60 Å². The van der Waals surface area contributed by atoms with Gasteiger partial charge in [0.05, 0.1) is 6.54 Å². The number of carbonyl (C=O) groups excluding carboxylic acids is 2. The van der Waals surface area contributed by atoms with Crippen molar-refractivity contribution in [3.05, 3.63) is 0 Å². The molecule has 0 aliphatic carbocycles. The molecular weight excluding hydrogens is 244 g/mol. The van der Waals surface area contributed by atoms with Gasteiger partial charge in [0, 0.05) is 13.1 Å². The zero-order valence-electron chi connectivity index (χ0n) is 11.9. The molecule has 0 saturated carbocycles. The highest BCUT2D eigenvalue weighted by atomic mass is 16.6. The van der Waals surface area contributed by atoms with Crippen LogP contribution in [0.25, 0.3) is 0 Å². The number of carbonyl (C=O) groups is 2. The Morgan fingerprint density at radius 2 is 2.00 bits per heavy atom. The molecular formula is C14H20N2O3. The number of ether oxygens (including phenoxy) is 1. The minimum absolute atomic E-state index is 0.156. The number of nitrogens with zero attached hydrogens (tertiary/aromatic N) is 1. The van der Waals surface area contributed by atoms with E-state index in [0.717, 1.165) is 0 Å². The van der Waals surface area contributed by atoms with Crippen LogP contribution in [0, 0.1) is 24.2 Å². The summed E-state index contributed by atoms with van der Waals surface area (Å²) in [5.41, 5.74) is -0.550. The highest BCUT2D eigenvalue weighted by Gasteiger charge is 2.16. The van der Waals surface area contributed by atoms with Gasteiger partial charge < -0.3 is 15.0 Å². The molecule has 0 aliphatic rings. The van der Waals surface area contributed by atoms with Crippen molar-refractivity contribution in [1.29, 1.82) is 0 Å². The van der Waals surface area contributed by atoms with Gasteiger partial charge in [-0.05, 0) is 33.6 Å². The van der Waals surface area contributed by atoms with E-state index in [2.05, 4.69) is 23.1 Å². The maximum absolute atomic E-state index is 11.6. The van der Waals surface area contributed by atoms with Gasteiger partial charge in [0.25, 0.3) is 5.91 Å². The maximum Gasteiger partial charge on any atom is 0.407 e. The summed E-state index contributed by atoms with van der Waals surface area (Å²) < 4.78 is 5.07. The first-order valence-corrected chi connectivity index (χ1v) is 5.92. The smallest absolute Gasteiger partial charge is 0.407 e. The topological polar surface area (TPSA) is 58.6 Å². The molecule has 0 unspecified atom stereocenters. The van der Waals surface area contributed by atoms with Crippen LogP contribution < -0.4 is 5.32 Å². The van der Waals surface area contributed by atoms with Crippen LogP contribution in [0.5, 0.6) is 0 Å². The number of nitrogens with one attached hydrogen (secondary N) is 1. The normalized spacial score (nSPS) is 9.63. The van der Waals surface area contributed by atoms with Crippen LogP contribution in [0.3, 0.4) is 0 Å². The van der Waals surface area contributed by atoms with Crippen LogP contribution >= 0.6 is 0 Å². The summed E-state index contributed by atoms with van der Waals surface area (Å²) in [6.45, 7) is 7.60. The van der Waals surface area contributed by atoms with Crippen molar-refractivity contribution < 1.29 is 14.3 Å². The van der Waals surface area contributed by atoms with Gasteiger partial charge in [-0.1, -0.05) is 11.8 Å². The number of terminal acetylenes is 1. The first-order chi connectivity index (χ1) is 8.80. The fourth-order valence-corrected chi connectivity index (χ4v) is 1.16. The van der Waals surface area contributed by atoms with Gasteiger partial charge >= 0.3 is 6.09 Å². The Hall–Kier alpha value is -2.14. The van der Waals surface area contributed by atoms with Crippen LogP contribution in [0.15, 0.2) is 0 Å². The molecule has 0 fully saturated rings. The molecule has 104 valence electrons. The van der Waals surface area contributed by atoms with Crippen LogP contribution in [-0.2, 0) is 9.53 Å². The Kier molecular flexibility index (Phi) is 7.14. The average Bonchev–Trinajstić information content (AvgIpc) is 2.25. The minimum Gasteiger partial charge on any atom is -0.444 e. The third-order valence-electron chi connectivity index (χ3n) is 1.85. The highest BCUT2D eigenvalue weighted by molar-refractivity contribution is 5.93. The van der Waals surface area contributed by atoms with E-state index in [1.54, 1.807) is 27.7 Å². The Balaban J connectivity index is 4.20. The molecule has 0 aliphatic heterocycles. The zero-order valence-corrected chi connectivity index (χ0v) is 11.9. The molecule has 0 spiro atoms. The second kappa shape index (κ2) is 8.05. The number of amides is 2. The first-order valence-electron chi connectivity index (χ1n) is 5.92. The van der Waals surface area contributed by atoms with Gasteiger partial charge in [-0.2, -0.15) is 0 Å². The third kappa shape index (κ3) is 8.57. The van der Waals surface area contributed by atoms with Crippen LogP contribution in [0.2, 0.25) is 0 Å². The lowest BCUT2D eigenvalue weighted by Crippen LogP contribution is -2.40. The standard InChI is InChI=1S/C14H20N2O3/c1-6-8-12(17)16(10-7-2)11-9-15-13(18)19-14(3,4)5/h2H,9-11H2,1,3-5H3,(H,15,18). The van der Waals surface area contributed by atoms with Crippen LogP contribution in [0.1, 0.15) is 27.7 Å². The Bertz CT molecular complexity index is 419. The molecule has 0 saturated heterocycles. The van der Waals surface area contributed by atoms with E-state index in [9.17, 15) is 9.59 Å². The Morgan fingerprint density at radius 1 is 1.37 bits per heavy atom. The van der Waals surface area contributed by atoms with Crippen molar-refractivity contribution in [2.75, 3.05) is 19.6 Å². The predicted octanol–water partition coefficient (Wildman–Crippen LogP) is 0.996. The molecule has 0 bridgehead atoms. The van der Waals surface area contributed by atoms with E-state index in [1.165, 1.54) is 4.90 Å². The van der Waals surface area contributed by atoms with Crippen molar-refractivity contribution in [1.82, 2.24) is 10.2 Å². The summed E-state index contributed by atoms with van der Waals surface area (Å²) in [5.74, 6) is 6.94. The van der Waals surface area contributed by atoms with Crippen molar-refractivity contribution >= 4 is 12.0 Å². The molecule has 1 N–H and O–H groups in total. The van der Waals surface area contributed by atoms with Gasteiger partial charge in [-0.3, -0.25) is 4.79 Å². The van der Waals surface area contributed by atoms with E-state index < -0.39 is 11.7 Å². The molecule has 5 nitrogen and oxygen atoms in total. The molecule has 0 aromatic heterocycles. The number of hydrogen-bond donors (Lipinski definition) is 1. The second-order valence-electron chi connectivity index (χ2n) is 4.73. The molecule has 19 heavy (non-hydrogen) atoms. The zero-order chi connectivity index (χ0) is 14.9. The minimum atomic E-state index is -0.550. The van der Waals surface area contributed by atoms with Crippen molar-refractivity contribution in [3.8, 4) is 24.2 Å². The van der Waals surface area contributed by atoms with E-state index in [1.807, 2.05) is 0 Å². The van der Waals surface area contributed by atoms with Crippen molar-refractivity contribution in [2.24, 2.45) is 0 Å². The summed E-state index contributed by atoms with van der Waals surface area (Å²) in [4.78, 5) is 24.3. The molecule has 2 amide bonds. The van der Waals surface area contributed by atoms with Crippen LogP contribution in [-0.4, -0.2) is 42.1 Å². The molecule has 0 aromatic rings. The predicted molar refractivity (Wildman–Crippen MR) is 73.1 cm³/mol. The SMILES string of the molecule is C#CCN(CCNC(=O)OC(C)(C)C)C(=O)C#CC. The van der Waals surface area contributed by atoms with Gasteiger partial charge in [-0.25, -0.2) is 4.79 Å². The van der Waals surface area contributed by atoms with Crippen molar-refractivity contribution in [3.63, 3.8) is 0 Å². The quantitative estimate of drug-likeness (QED) is 0.771. The fraction of sp³-hybridized carbons (Fsp3) is 0.571. The summed E-state index contributed by atoms with van der Waals surface area (Å²) in [5, 5.41) is 2.55. The Labute approximate surface area is 114 Å². The highest BCUT2D eigenvalue weighted by Crippen LogP contribution is 2.06. The number of hydrogen-bond acceptors (Lipinski definition) is 3. The lowest BCUT2D eigenvalue weighted by Gasteiger charge is -2.21. The summed E-state index contributed by atoms with van der Waals surface area (Å²) in [6.07, 6.45) is 4.65. The van der Waals surface area contributed by atoms with Crippen LogP contribution in [0.4, 0.5) is 4.79 Å². The van der Waals surface area contributed by atoms with E-state index >= 15 is 0 Å². The summed E-state index contributed by atoms with van der Waals surface area (Å²) >= 11 is 0. The number of alkyl carbamates (subject to hydrolysis) is 1. The van der Waals surface area contributed by atoms with E-state index in [0.29, 0.717) is 0 Å². The second-order valence-corrected chi connectivity index (χ2v) is 4.73. The summed E-state index contributed by atoms with van der Waals surface area (Å²) in [7, 11) is 0.